The van der Waals surface area contributed by atoms with Gasteiger partial charge in [-0.3, -0.25) is 4.98 Å². The Labute approximate surface area is 105 Å². The van der Waals surface area contributed by atoms with Crippen molar-refractivity contribution in [2.24, 2.45) is 5.92 Å². The van der Waals surface area contributed by atoms with Gasteiger partial charge < -0.3 is 5.32 Å². The van der Waals surface area contributed by atoms with Crippen LogP contribution in [0.4, 0.5) is 0 Å². The first-order valence-corrected chi connectivity index (χ1v) is 6.98. The number of aromatic nitrogens is 1. The lowest BCUT2D eigenvalue weighted by atomic mass is 10.0. The van der Waals surface area contributed by atoms with Crippen molar-refractivity contribution in [3.05, 3.63) is 29.6 Å². The molecule has 0 aromatic carbocycles. The van der Waals surface area contributed by atoms with E-state index in [0.717, 1.165) is 24.7 Å². The van der Waals surface area contributed by atoms with Crippen LogP contribution in [-0.4, -0.2) is 11.5 Å². The highest BCUT2D eigenvalue weighted by Gasteiger charge is 2.11. The van der Waals surface area contributed by atoms with Crippen molar-refractivity contribution in [2.45, 2.75) is 52.0 Å². The molecule has 1 fully saturated rings. The molecule has 0 spiro atoms. The van der Waals surface area contributed by atoms with Gasteiger partial charge in [-0.25, -0.2) is 0 Å². The largest absolute Gasteiger partial charge is 0.311 e. The zero-order chi connectivity index (χ0) is 11.9. The van der Waals surface area contributed by atoms with Gasteiger partial charge in [0.1, 0.15) is 0 Å². The lowest BCUT2D eigenvalue weighted by molar-refractivity contribution is 0.424. The standard InChI is InChI=1S/C15H24N2/c1-13-7-6-10-15(17-13)12-16-11-14-8-4-2-3-5-9-14/h6-7,10,14,16H,2-5,8-9,11-12H2,1H3. The van der Waals surface area contributed by atoms with E-state index in [1.165, 1.54) is 44.2 Å². The smallest absolute Gasteiger partial charge is 0.0544 e. The Morgan fingerprint density at radius 3 is 2.65 bits per heavy atom. The van der Waals surface area contributed by atoms with Crippen LogP contribution < -0.4 is 5.32 Å². The quantitative estimate of drug-likeness (QED) is 0.804. The first-order valence-electron chi connectivity index (χ1n) is 6.98. The number of hydrogen-bond donors (Lipinski definition) is 1. The maximum atomic E-state index is 4.51. The number of nitrogens with one attached hydrogen (secondary N) is 1. The van der Waals surface area contributed by atoms with Gasteiger partial charge in [0, 0.05) is 12.2 Å². The van der Waals surface area contributed by atoms with E-state index in [2.05, 4.69) is 35.4 Å². The number of hydrogen-bond acceptors (Lipinski definition) is 2. The minimum Gasteiger partial charge on any atom is -0.311 e. The van der Waals surface area contributed by atoms with Crippen LogP contribution in [-0.2, 0) is 6.54 Å². The van der Waals surface area contributed by atoms with Crippen molar-refractivity contribution in [1.82, 2.24) is 10.3 Å². The van der Waals surface area contributed by atoms with Crippen LogP contribution >= 0.6 is 0 Å². The molecule has 1 aliphatic carbocycles. The monoisotopic (exact) mass is 232 g/mol. The van der Waals surface area contributed by atoms with Gasteiger partial charge in [-0.2, -0.15) is 0 Å². The molecule has 0 bridgehead atoms. The second kappa shape index (κ2) is 6.75. The van der Waals surface area contributed by atoms with E-state index in [0.29, 0.717) is 0 Å². The Morgan fingerprint density at radius 2 is 1.94 bits per heavy atom. The van der Waals surface area contributed by atoms with Gasteiger partial charge in [0.25, 0.3) is 0 Å². The second-order valence-corrected chi connectivity index (χ2v) is 5.26. The van der Waals surface area contributed by atoms with Crippen molar-refractivity contribution in [2.75, 3.05) is 6.54 Å². The predicted octanol–water partition coefficient (Wildman–Crippen LogP) is 3.45. The molecule has 17 heavy (non-hydrogen) atoms. The predicted molar refractivity (Wildman–Crippen MR) is 71.9 cm³/mol. The zero-order valence-electron chi connectivity index (χ0n) is 10.9. The van der Waals surface area contributed by atoms with Crippen molar-refractivity contribution >= 4 is 0 Å². The summed E-state index contributed by atoms with van der Waals surface area (Å²) >= 11 is 0. The number of aryl methyl sites for hydroxylation is 1. The first kappa shape index (κ1) is 12.6. The molecule has 1 N–H and O–H groups in total. The second-order valence-electron chi connectivity index (χ2n) is 5.26. The summed E-state index contributed by atoms with van der Waals surface area (Å²) < 4.78 is 0. The summed E-state index contributed by atoms with van der Waals surface area (Å²) in [5.74, 6) is 0.891. The fourth-order valence-corrected chi connectivity index (χ4v) is 2.67. The topological polar surface area (TPSA) is 24.9 Å². The summed E-state index contributed by atoms with van der Waals surface area (Å²) in [5, 5.41) is 3.56. The van der Waals surface area contributed by atoms with Gasteiger partial charge in [0.2, 0.25) is 0 Å². The van der Waals surface area contributed by atoms with E-state index in [9.17, 15) is 0 Å². The van der Waals surface area contributed by atoms with Gasteiger partial charge in [0.05, 0.1) is 5.69 Å². The Morgan fingerprint density at radius 1 is 1.18 bits per heavy atom. The summed E-state index contributed by atoms with van der Waals surface area (Å²) in [7, 11) is 0. The molecule has 94 valence electrons. The van der Waals surface area contributed by atoms with Crippen LogP contribution in [0.1, 0.15) is 49.9 Å². The Balaban J connectivity index is 1.71. The van der Waals surface area contributed by atoms with E-state index < -0.39 is 0 Å². The van der Waals surface area contributed by atoms with Gasteiger partial charge in [-0.05, 0) is 44.4 Å². The molecule has 2 rings (SSSR count). The van der Waals surface area contributed by atoms with E-state index in [1.807, 2.05) is 0 Å². The fourth-order valence-electron chi connectivity index (χ4n) is 2.67. The van der Waals surface area contributed by atoms with E-state index in [1.54, 1.807) is 0 Å². The molecule has 0 radical (unpaired) electrons. The summed E-state index contributed by atoms with van der Waals surface area (Å²) in [6.07, 6.45) is 8.55. The lowest BCUT2D eigenvalue weighted by Crippen LogP contribution is -2.22. The molecule has 2 heteroatoms. The fraction of sp³-hybridized carbons (Fsp3) is 0.667. The van der Waals surface area contributed by atoms with E-state index >= 15 is 0 Å². The van der Waals surface area contributed by atoms with Crippen molar-refractivity contribution in [3.8, 4) is 0 Å². The molecule has 0 amide bonds. The summed E-state index contributed by atoms with van der Waals surface area (Å²) in [6.45, 7) is 4.13. The molecule has 1 aliphatic rings. The maximum Gasteiger partial charge on any atom is 0.0544 e. The molecule has 2 nitrogen and oxygen atoms in total. The van der Waals surface area contributed by atoms with Crippen molar-refractivity contribution in [1.29, 1.82) is 0 Å². The Hall–Kier alpha value is -0.890. The molecule has 0 unspecified atom stereocenters. The van der Waals surface area contributed by atoms with Crippen LogP contribution in [0.15, 0.2) is 18.2 Å². The third kappa shape index (κ3) is 4.47. The van der Waals surface area contributed by atoms with Gasteiger partial charge in [0.15, 0.2) is 0 Å². The first-order chi connectivity index (χ1) is 8.34. The molecular weight excluding hydrogens is 208 g/mol. The van der Waals surface area contributed by atoms with Crippen LogP contribution in [0.3, 0.4) is 0 Å². The van der Waals surface area contributed by atoms with Crippen LogP contribution in [0.2, 0.25) is 0 Å². The Bertz CT molecular complexity index is 327. The average Bonchev–Trinajstić information content (AvgIpc) is 2.58. The molecule has 1 aromatic heterocycles. The van der Waals surface area contributed by atoms with Gasteiger partial charge in [-0.1, -0.05) is 31.7 Å². The Kier molecular flexibility index (Phi) is 4.99. The molecule has 1 heterocycles. The highest BCUT2D eigenvalue weighted by Crippen LogP contribution is 2.22. The molecule has 0 aliphatic heterocycles. The van der Waals surface area contributed by atoms with Gasteiger partial charge >= 0.3 is 0 Å². The molecule has 0 saturated heterocycles. The lowest BCUT2D eigenvalue weighted by Gasteiger charge is -2.14. The van der Waals surface area contributed by atoms with Crippen molar-refractivity contribution in [3.63, 3.8) is 0 Å². The van der Waals surface area contributed by atoms with E-state index in [4.69, 9.17) is 0 Å². The molecule has 0 atom stereocenters. The van der Waals surface area contributed by atoms with Crippen LogP contribution in [0.25, 0.3) is 0 Å². The maximum absolute atomic E-state index is 4.51. The van der Waals surface area contributed by atoms with Crippen molar-refractivity contribution < 1.29 is 0 Å². The molecule has 1 aromatic rings. The summed E-state index contributed by atoms with van der Waals surface area (Å²) in [5.41, 5.74) is 2.28. The number of pyridine rings is 1. The minimum absolute atomic E-state index is 0.891. The van der Waals surface area contributed by atoms with E-state index in [-0.39, 0.29) is 0 Å². The average molecular weight is 232 g/mol. The molecule has 1 saturated carbocycles. The SMILES string of the molecule is Cc1cccc(CNCC2CCCCCC2)n1. The van der Waals surface area contributed by atoms with Crippen LogP contribution in [0, 0.1) is 12.8 Å². The number of rotatable bonds is 4. The highest BCUT2D eigenvalue weighted by molar-refractivity contribution is 5.09. The normalized spacial score (nSPS) is 17.9. The summed E-state index contributed by atoms with van der Waals surface area (Å²) in [6, 6.07) is 6.24. The van der Waals surface area contributed by atoms with Gasteiger partial charge in [-0.15, -0.1) is 0 Å². The number of nitrogens with zero attached hydrogens (tertiary/aromatic N) is 1. The third-order valence-corrected chi connectivity index (χ3v) is 3.66. The summed E-state index contributed by atoms with van der Waals surface area (Å²) in [4.78, 5) is 4.51. The highest BCUT2D eigenvalue weighted by atomic mass is 14.9. The molecular formula is C15H24N2. The van der Waals surface area contributed by atoms with Crippen LogP contribution in [0.5, 0.6) is 0 Å². The zero-order valence-corrected chi connectivity index (χ0v) is 10.9. The third-order valence-electron chi connectivity index (χ3n) is 3.66. The minimum atomic E-state index is 0.891.